The highest BCUT2D eigenvalue weighted by Crippen LogP contribution is 2.11. The molecule has 0 amide bonds. The summed E-state index contributed by atoms with van der Waals surface area (Å²) in [6.45, 7) is 7.78. The molecule has 20 heavy (non-hydrogen) atoms. The quantitative estimate of drug-likeness (QED) is 0.331. The van der Waals surface area contributed by atoms with E-state index in [2.05, 4.69) is 20.8 Å². The molecule has 0 atom stereocenters. The van der Waals surface area contributed by atoms with Gasteiger partial charge in [0, 0.05) is 19.8 Å². The van der Waals surface area contributed by atoms with Crippen LogP contribution in [0.15, 0.2) is 0 Å². The Morgan fingerprint density at radius 1 is 0.600 bits per heavy atom. The van der Waals surface area contributed by atoms with E-state index in [1.54, 1.807) is 0 Å². The van der Waals surface area contributed by atoms with Gasteiger partial charge in [0.2, 0.25) is 0 Å². The SMILES string of the molecule is CCCCCO[Si]([O])(OCCCCC)OCCCCC. The highest BCUT2D eigenvalue weighted by atomic mass is 28.4. The Hall–Kier alpha value is 0.0569. The van der Waals surface area contributed by atoms with Crippen molar-refractivity contribution in [1.82, 2.24) is 0 Å². The second-order valence-electron chi connectivity index (χ2n) is 5.17. The van der Waals surface area contributed by atoms with Crippen LogP contribution in [0, 0.1) is 0 Å². The van der Waals surface area contributed by atoms with Gasteiger partial charge in [-0.1, -0.05) is 59.3 Å². The lowest BCUT2D eigenvalue weighted by molar-refractivity contribution is -0.0308. The zero-order valence-electron chi connectivity index (χ0n) is 13.6. The number of hydrogen-bond acceptors (Lipinski definition) is 3. The molecule has 0 aromatic heterocycles. The lowest BCUT2D eigenvalue weighted by atomic mass is 10.3. The van der Waals surface area contributed by atoms with E-state index in [4.69, 9.17) is 13.3 Å². The maximum absolute atomic E-state index is 12.5. The maximum Gasteiger partial charge on any atom is 0.707 e. The molecule has 121 valence electrons. The van der Waals surface area contributed by atoms with Gasteiger partial charge in [0.25, 0.3) is 0 Å². The van der Waals surface area contributed by atoms with E-state index in [1.165, 1.54) is 0 Å². The molecular formula is C15H33O4Si. The van der Waals surface area contributed by atoms with Gasteiger partial charge in [-0.25, -0.2) is 4.80 Å². The van der Waals surface area contributed by atoms with Crippen molar-refractivity contribution in [1.29, 1.82) is 0 Å². The number of hydrogen-bond donors (Lipinski definition) is 0. The number of rotatable bonds is 15. The predicted octanol–water partition coefficient (Wildman–Crippen LogP) is 4.47. The first kappa shape index (κ1) is 20.1. The Balaban J connectivity index is 3.98. The first-order valence-electron chi connectivity index (χ1n) is 8.30. The van der Waals surface area contributed by atoms with Crippen molar-refractivity contribution in [3.63, 3.8) is 0 Å². The number of unbranched alkanes of at least 4 members (excludes halogenated alkanes) is 6. The van der Waals surface area contributed by atoms with E-state index in [-0.39, 0.29) is 0 Å². The third kappa shape index (κ3) is 11.8. The molecule has 4 nitrogen and oxygen atoms in total. The Morgan fingerprint density at radius 2 is 0.900 bits per heavy atom. The summed E-state index contributed by atoms with van der Waals surface area (Å²) in [7, 11) is -3.65. The summed E-state index contributed by atoms with van der Waals surface area (Å²) in [5, 5.41) is 0. The van der Waals surface area contributed by atoms with Crippen molar-refractivity contribution >= 4 is 9.05 Å². The van der Waals surface area contributed by atoms with Crippen LogP contribution in [0.2, 0.25) is 0 Å². The van der Waals surface area contributed by atoms with Crippen molar-refractivity contribution in [2.24, 2.45) is 0 Å². The molecule has 0 aromatic carbocycles. The van der Waals surface area contributed by atoms with Crippen LogP contribution in [0.3, 0.4) is 0 Å². The Kier molecular flexibility index (Phi) is 14.1. The van der Waals surface area contributed by atoms with E-state index in [1.807, 2.05) is 0 Å². The topological polar surface area (TPSA) is 47.6 Å². The van der Waals surface area contributed by atoms with Crippen LogP contribution < -0.4 is 0 Å². The van der Waals surface area contributed by atoms with Crippen molar-refractivity contribution in [3.05, 3.63) is 0 Å². The van der Waals surface area contributed by atoms with Crippen LogP contribution >= 0.6 is 0 Å². The normalized spacial score (nSPS) is 12.0. The minimum atomic E-state index is -3.65. The van der Waals surface area contributed by atoms with Crippen LogP contribution in [0.1, 0.15) is 78.6 Å². The molecule has 0 aliphatic heterocycles. The fourth-order valence-electron chi connectivity index (χ4n) is 1.77. The lowest BCUT2D eigenvalue weighted by Gasteiger charge is -2.21. The molecule has 0 aliphatic rings. The fraction of sp³-hybridized carbons (Fsp3) is 1.00. The molecule has 0 bridgehead atoms. The molecular weight excluding hydrogens is 272 g/mol. The zero-order valence-corrected chi connectivity index (χ0v) is 14.6. The van der Waals surface area contributed by atoms with Crippen LogP contribution in [-0.2, 0) is 18.1 Å². The molecule has 0 unspecified atom stereocenters. The standard InChI is InChI=1S/C15H33O4Si/c1-4-7-10-13-17-20(16,18-14-11-8-5-2)19-15-12-9-6-3/h4-15H2,1-3H3. The molecule has 0 spiro atoms. The van der Waals surface area contributed by atoms with E-state index < -0.39 is 9.05 Å². The first-order chi connectivity index (χ1) is 9.68. The molecule has 0 fully saturated rings. The lowest BCUT2D eigenvalue weighted by Crippen LogP contribution is -2.45. The monoisotopic (exact) mass is 305 g/mol. The van der Waals surface area contributed by atoms with Gasteiger partial charge in [-0.15, -0.1) is 0 Å². The van der Waals surface area contributed by atoms with E-state index in [0.29, 0.717) is 19.8 Å². The Bertz CT molecular complexity index is 171. The van der Waals surface area contributed by atoms with Gasteiger partial charge in [-0.2, -0.15) is 0 Å². The summed E-state index contributed by atoms with van der Waals surface area (Å²) in [5.41, 5.74) is 0. The van der Waals surface area contributed by atoms with Gasteiger partial charge in [-0.05, 0) is 19.3 Å². The summed E-state index contributed by atoms with van der Waals surface area (Å²) >= 11 is 0. The molecule has 1 radical (unpaired) electrons. The van der Waals surface area contributed by atoms with Crippen molar-refractivity contribution in [3.8, 4) is 0 Å². The molecule has 0 N–H and O–H groups in total. The zero-order chi connectivity index (χ0) is 15.1. The third-order valence-corrected chi connectivity index (χ3v) is 4.75. The van der Waals surface area contributed by atoms with Crippen LogP contribution in [0.5, 0.6) is 0 Å². The largest absolute Gasteiger partial charge is 0.707 e. The van der Waals surface area contributed by atoms with E-state index in [0.717, 1.165) is 57.8 Å². The van der Waals surface area contributed by atoms with Crippen LogP contribution in [-0.4, -0.2) is 28.9 Å². The molecule has 0 rings (SSSR count). The average molecular weight is 306 g/mol. The molecule has 0 saturated carbocycles. The van der Waals surface area contributed by atoms with Crippen molar-refractivity contribution in [2.75, 3.05) is 19.8 Å². The summed E-state index contributed by atoms with van der Waals surface area (Å²) in [6.07, 6.45) is 9.31. The second-order valence-corrected chi connectivity index (χ2v) is 7.03. The van der Waals surface area contributed by atoms with Crippen LogP contribution in [0.4, 0.5) is 0 Å². The molecule has 0 aromatic rings. The minimum absolute atomic E-state index is 0.463. The van der Waals surface area contributed by atoms with Gasteiger partial charge >= 0.3 is 9.05 Å². The molecule has 5 heteroatoms. The summed E-state index contributed by atoms with van der Waals surface area (Å²) in [5.74, 6) is 0. The summed E-state index contributed by atoms with van der Waals surface area (Å²) < 4.78 is 16.3. The summed E-state index contributed by atoms with van der Waals surface area (Å²) in [4.78, 5) is 12.5. The minimum Gasteiger partial charge on any atom is -0.350 e. The fourth-order valence-corrected chi connectivity index (χ4v) is 3.21. The van der Waals surface area contributed by atoms with Gasteiger partial charge in [-0.3, -0.25) is 0 Å². The average Bonchev–Trinajstić information content (AvgIpc) is 2.45. The molecule has 0 saturated heterocycles. The van der Waals surface area contributed by atoms with Gasteiger partial charge in [0.1, 0.15) is 0 Å². The molecule has 0 heterocycles. The molecule has 0 aliphatic carbocycles. The first-order valence-corrected chi connectivity index (χ1v) is 9.94. The highest BCUT2D eigenvalue weighted by Gasteiger charge is 2.43. The van der Waals surface area contributed by atoms with Gasteiger partial charge < -0.3 is 13.3 Å². The van der Waals surface area contributed by atoms with Crippen molar-refractivity contribution < 1.29 is 18.1 Å². The summed E-state index contributed by atoms with van der Waals surface area (Å²) in [6, 6.07) is 0. The third-order valence-electron chi connectivity index (χ3n) is 3.08. The Labute approximate surface area is 126 Å². The van der Waals surface area contributed by atoms with E-state index >= 15 is 0 Å². The van der Waals surface area contributed by atoms with Crippen LogP contribution in [0.25, 0.3) is 0 Å². The van der Waals surface area contributed by atoms with Crippen molar-refractivity contribution in [2.45, 2.75) is 78.6 Å². The van der Waals surface area contributed by atoms with Gasteiger partial charge in [0.15, 0.2) is 0 Å². The Morgan fingerprint density at radius 3 is 1.15 bits per heavy atom. The highest BCUT2D eigenvalue weighted by molar-refractivity contribution is 6.51. The maximum atomic E-state index is 12.5. The van der Waals surface area contributed by atoms with Gasteiger partial charge in [0.05, 0.1) is 0 Å². The predicted molar refractivity (Wildman–Crippen MR) is 82.9 cm³/mol. The second kappa shape index (κ2) is 14.0. The smallest absolute Gasteiger partial charge is 0.350 e. The van der Waals surface area contributed by atoms with E-state index in [9.17, 15) is 4.80 Å².